The Morgan fingerprint density at radius 2 is 2.00 bits per heavy atom. The maximum absolute atomic E-state index is 13.2. The smallest absolute Gasteiger partial charge is 0.319 e. The molecule has 0 spiro atoms. The molecule has 1 aliphatic heterocycles. The number of carbonyl (C=O) groups excluding carboxylic acids is 2. The summed E-state index contributed by atoms with van der Waals surface area (Å²) in [7, 11) is 0. The van der Waals surface area contributed by atoms with E-state index in [0.29, 0.717) is 36.4 Å². The molecule has 9 heteroatoms. The van der Waals surface area contributed by atoms with E-state index >= 15 is 0 Å². The summed E-state index contributed by atoms with van der Waals surface area (Å²) in [6, 6.07) is 12.5. The van der Waals surface area contributed by atoms with Gasteiger partial charge in [-0.3, -0.25) is 14.2 Å². The van der Waals surface area contributed by atoms with Gasteiger partial charge in [0.25, 0.3) is 5.56 Å². The van der Waals surface area contributed by atoms with Gasteiger partial charge in [-0.2, -0.15) is 0 Å². The van der Waals surface area contributed by atoms with Crippen LogP contribution in [0, 0.1) is 11.7 Å². The number of fused-ring (bicyclic) bond motifs is 1. The molecule has 2 heterocycles. The van der Waals surface area contributed by atoms with Crippen LogP contribution in [0.5, 0.6) is 0 Å². The molecule has 1 aromatic heterocycles. The van der Waals surface area contributed by atoms with Crippen LogP contribution in [0.4, 0.5) is 14.9 Å². The molecular formula is C23H24FN5O3. The third-order valence-electron chi connectivity index (χ3n) is 5.55. The third-order valence-corrected chi connectivity index (χ3v) is 5.55. The van der Waals surface area contributed by atoms with Gasteiger partial charge in [0, 0.05) is 25.3 Å². The average molecular weight is 437 g/mol. The van der Waals surface area contributed by atoms with Gasteiger partial charge in [0.15, 0.2) is 0 Å². The number of hydrogen-bond donors (Lipinski definition) is 2. The first-order chi connectivity index (χ1) is 15.5. The fourth-order valence-electron chi connectivity index (χ4n) is 3.95. The molecule has 3 aromatic rings. The van der Waals surface area contributed by atoms with E-state index in [9.17, 15) is 18.8 Å². The fraction of sp³-hybridized carbons (Fsp3) is 0.304. The van der Waals surface area contributed by atoms with Gasteiger partial charge >= 0.3 is 6.03 Å². The maximum atomic E-state index is 13.2. The van der Waals surface area contributed by atoms with E-state index in [-0.39, 0.29) is 23.9 Å². The van der Waals surface area contributed by atoms with Gasteiger partial charge in [-0.25, -0.2) is 14.2 Å². The summed E-state index contributed by atoms with van der Waals surface area (Å²) >= 11 is 0. The molecule has 2 N–H and O–H groups in total. The van der Waals surface area contributed by atoms with Gasteiger partial charge in [0.05, 0.1) is 17.2 Å². The van der Waals surface area contributed by atoms with Crippen molar-refractivity contribution in [1.29, 1.82) is 0 Å². The molecule has 4 rings (SSSR count). The summed E-state index contributed by atoms with van der Waals surface area (Å²) < 4.78 is 14.7. The Bertz CT molecular complexity index is 1200. The lowest BCUT2D eigenvalue weighted by molar-refractivity contribution is -0.133. The van der Waals surface area contributed by atoms with Crippen molar-refractivity contribution in [3.8, 4) is 0 Å². The number of benzene rings is 2. The van der Waals surface area contributed by atoms with E-state index in [4.69, 9.17) is 0 Å². The summed E-state index contributed by atoms with van der Waals surface area (Å²) in [5, 5.41) is 5.39. The van der Waals surface area contributed by atoms with Gasteiger partial charge in [-0.15, -0.1) is 0 Å². The molecule has 1 saturated heterocycles. The second kappa shape index (κ2) is 9.59. The molecule has 0 aliphatic carbocycles. The minimum Gasteiger partial charge on any atom is -0.341 e. The molecule has 2 aromatic carbocycles. The minimum absolute atomic E-state index is 0.0535. The van der Waals surface area contributed by atoms with E-state index in [1.54, 1.807) is 23.1 Å². The molecule has 1 fully saturated rings. The first kappa shape index (κ1) is 21.5. The molecule has 166 valence electrons. The quantitative estimate of drug-likeness (QED) is 0.641. The Kier molecular flexibility index (Phi) is 6.44. The molecule has 3 amide bonds. The number of carbonyl (C=O) groups is 2. The zero-order valence-corrected chi connectivity index (χ0v) is 17.5. The third kappa shape index (κ3) is 5.11. The van der Waals surface area contributed by atoms with Crippen molar-refractivity contribution >= 4 is 28.7 Å². The van der Waals surface area contributed by atoms with Crippen LogP contribution in [0.15, 0.2) is 59.5 Å². The lowest BCUT2D eigenvalue weighted by atomic mass is 9.98. The number of rotatable bonds is 5. The normalized spacial score (nSPS) is 16.0. The molecule has 1 unspecified atom stereocenters. The largest absolute Gasteiger partial charge is 0.341 e. The van der Waals surface area contributed by atoms with E-state index < -0.39 is 11.8 Å². The number of nitrogens with one attached hydrogen (secondary N) is 2. The van der Waals surface area contributed by atoms with Crippen molar-refractivity contribution in [3.05, 3.63) is 70.9 Å². The number of nitrogens with zero attached hydrogens (tertiary/aromatic N) is 3. The Labute approximate surface area is 184 Å². The lowest BCUT2D eigenvalue weighted by Gasteiger charge is -2.33. The van der Waals surface area contributed by atoms with Crippen molar-refractivity contribution < 1.29 is 14.0 Å². The zero-order chi connectivity index (χ0) is 22.5. The van der Waals surface area contributed by atoms with Crippen molar-refractivity contribution in [2.24, 2.45) is 5.92 Å². The number of halogens is 1. The first-order valence-corrected chi connectivity index (χ1v) is 10.5. The van der Waals surface area contributed by atoms with Gasteiger partial charge in [0.2, 0.25) is 5.91 Å². The van der Waals surface area contributed by atoms with Crippen LogP contribution in [0.25, 0.3) is 11.0 Å². The highest BCUT2D eigenvalue weighted by Crippen LogP contribution is 2.17. The summed E-state index contributed by atoms with van der Waals surface area (Å²) in [4.78, 5) is 43.2. The van der Waals surface area contributed by atoms with Crippen molar-refractivity contribution in [1.82, 2.24) is 19.8 Å². The van der Waals surface area contributed by atoms with Crippen LogP contribution in [0.2, 0.25) is 0 Å². The summed E-state index contributed by atoms with van der Waals surface area (Å²) in [5.74, 6) is -0.473. The molecule has 0 radical (unpaired) electrons. The Balaban J connectivity index is 1.34. The number of piperidine rings is 1. The standard InChI is InChI=1S/C23H24FN5O3/c24-17-6-3-7-18(11-17)27-23(32)26-12-16-5-4-10-28(14-16)22(31)15-29-20-9-2-1-8-19(20)25-13-21(29)30/h1-3,6-9,11,13,16H,4-5,10,12,14-15H2,(H2,26,27,32). The molecule has 0 bridgehead atoms. The van der Waals surface area contributed by atoms with Gasteiger partial charge in [0.1, 0.15) is 12.4 Å². The number of anilines is 1. The Morgan fingerprint density at radius 1 is 1.16 bits per heavy atom. The van der Waals surface area contributed by atoms with E-state index in [0.717, 1.165) is 12.8 Å². The van der Waals surface area contributed by atoms with Crippen LogP contribution >= 0.6 is 0 Å². The average Bonchev–Trinajstić information content (AvgIpc) is 2.80. The van der Waals surface area contributed by atoms with Crippen LogP contribution in [0.3, 0.4) is 0 Å². The number of para-hydroxylation sites is 2. The number of urea groups is 1. The van der Waals surface area contributed by atoms with Gasteiger partial charge in [-0.05, 0) is 49.1 Å². The Hall–Kier alpha value is -3.75. The van der Waals surface area contributed by atoms with Gasteiger partial charge < -0.3 is 15.5 Å². The highest BCUT2D eigenvalue weighted by Gasteiger charge is 2.24. The maximum Gasteiger partial charge on any atom is 0.319 e. The van der Waals surface area contributed by atoms with Crippen LogP contribution in [-0.4, -0.2) is 46.0 Å². The lowest BCUT2D eigenvalue weighted by Crippen LogP contribution is -2.46. The molecule has 1 aliphatic rings. The monoisotopic (exact) mass is 437 g/mol. The number of aromatic nitrogens is 2. The minimum atomic E-state index is -0.426. The molecule has 0 saturated carbocycles. The first-order valence-electron chi connectivity index (χ1n) is 10.5. The number of amides is 3. The summed E-state index contributed by atoms with van der Waals surface area (Å²) in [5.41, 5.74) is 1.33. The van der Waals surface area contributed by atoms with Crippen LogP contribution in [-0.2, 0) is 11.3 Å². The van der Waals surface area contributed by atoms with Crippen molar-refractivity contribution in [3.63, 3.8) is 0 Å². The number of hydrogen-bond acceptors (Lipinski definition) is 4. The second-order valence-corrected chi connectivity index (χ2v) is 7.86. The number of likely N-dealkylation sites (tertiary alicyclic amines) is 1. The second-order valence-electron chi connectivity index (χ2n) is 7.86. The predicted molar refractivity (Wildman–Crippen MR) is 119 cm³/mol. The zero-order valence-electron chi connectivity index (χ0n) is 17.5. The van der Waals surface area contributed by atoms with E-state index in [1.165, 1.54) is 29.0 Å². The molecule has 1 atom stereocenters. The highest BCUT2D eigenvalue weighted by atomic mass is 19.1. The van der Waals surface area contributed by atoms with Crippen LogP contribution < -0.4 is 16.2 Å². The summed E-state index contributed by atoms with van der Waals surface area (Å²) in [6.07, 6.45) is 2.92. The van der Waals surface area contributed by atoms with Crippen molar-refractivity contribution in [2.45, 2.75) is 19.4 Å². The van der Waals surface area contributed by atoms with Crippen molar-refractivity contribution in [2.75, 3.05) is 25.0 Å². The summed E-state index contributed by atoms with van der Waals surface area (Å²) in [6.45, 7) is 1.45. The fourth-order valence-corrected chi connectivity index (χ4v) is 3.95. The molecular weight excluding hydrogens is 413 g/mol. The Morgan fingerprint density at radius 3 is 2.84 bits per heavy atom. The van der Waals surface area contributed by atoms with Gasteiger partial charge in [-0.1, -0.05) is 18.2 Å². The van der Waals surface area contributed by atoms with Crippen LogP contribution in [0.1, 0.15) is 12.8 Å². The predicted octanol–water partition coefficient (Wildman–Crippen LogP) is 2.60. The van der Waals surface area contributed by atoms with E-state index in [1.807, 2.05) is 12.1 Å². The SMILES string of the molecule is O=C(NCC1CCCN(C(=O)Cn2c(=O)cnc3ccccc32)C1)Nc1cccc(F)c1. The van der Waals surface area contributed by atoms with E-state index in [2.05, 4.69) is 15.6 Å². The molecule has 8 nitrogen and oxygen atoms in total. The topological polar surface area (TPSA) is 96.3 Å². The molecule has 32 heavy (non-hydrogen) atoms. The highest BCUT2D eigenvalue weighted by molar-refractivity contribution is 5.89.